The predicted octanol–water partition coefficient (Wildman–Crippen LogP) is 1.57. The van der Waals surface area contributed by atoms with Crippen molar-refractivity contribution in [3.05, 3.63) is 0 Å². The molecule has 0 aliphatic carbocycles. The Labute approximate surface area is 106 Å². The SMILES string of the molecule is CCCC(C)Sc1nnnn1CC(OC)OC. The van der Waals surface area contributed by atoms with Crippen molar-refractivity contribution in [3.8, 4) is 0 Å². The van der Waals surface area contributed by atoms with E-state index in [-0.39, 0.29) is 6.29 Å². The Morgan fingerprint density at radius 1 is 1.35 bits per heavy atom. The predicted molar refractivity (Wildman–Crippen MR) is 65.9 cm³/mol. The minimum Gasteiger partial charge on any atom is -0.354 e. The highest BCUT2D eigenvalue weighted by atomic mass is 32.2. The molecule has 17 heavy (non-hydrogen) atoms. The van der Waals surface area contributed by atoms with Gasteiger partial charge in [0.05, 0.1) is 6.54 Å². The van der Waals surface area contributed by atoms with Crippen LogP contribution in [0.15, 0.2) is 5.16 Å². The largest absolute Gasteiger partial charge is 0.354 e. The van der Waals surface area contributed by atoms with E-state index in [4.69, 9.17) is 9.47 Å². The number of hydrogen-bond acceptors (Lipinski definition) is 6. The summed E-state index contributed by atoms with van der Waals surface area (Å²) in [7, 11) is 3.20. The van der Waals surface area contributed by atoms with Crippen LogP contribution in [0.1, 0.15) is 26.7 Å². The van der Waals surface area contributed by atoms with Gasteiger partial charge >= 0.3 is 0 Å². The van der Waals surface area contributed by atoms with Gasteiger partial charge in [0.25, 0.3) is 0 Å². The van der Waals surface area contributed by atoms with Gasteiger partial charge in [-0.25, -0.2) is 4.68 Å². The molecule has 0 fully saturated rings. The molecule has 0 N–H and O–H groups in total. The number of methoxy groups -OCH3 is 2. The van der Waals surface area contributed by atoms with E-state index in [1.165, 1.54) is 0 Å². The molecule has 0 saturated heterocycles. The first-order chi connectivity index (χ1) is 8.21. The second-order valence-corrected chi connectivity index (χ2v) is 5.17. The topological polar surface area (TPSA) is 62.1 Å². The van der Waals surface area contributed by atoms with Gasteiger partial charge in [-0.2, -0.15) is 0 Å². The van der Waals surface area contributed by atoms with Gasteiger partial charge in [-0.05, 0) is 16.8 Å². The van der Waals surface area contributed by atoms with Gasteiger partial charge in [0.15, 0.2) is 6.29 Å². The third-order valence-corrected chi connectivity index (χ3v) is 3.49. The average Bonchev–Trinajstić information content (AvgIpc) is 2.73. The summed E-state index contributed by atoms with van der Waals surface area (Å²) in [5.74, 6) is 0. The monoisotopic (exact) mass is 260 g/mol. The van der Waals surface area contributed by atoms with Gasteiger partial charge in [0, 0.05) is 19.5 Å². The van der Waals surface area contributed by atoms with Crippen LogP contribution in [0, 0.1) is 0 Å². The number of hydrogen-bond donors (Lipinski definition) is 0. The summed E-state index contributed by atoms with van der Waals surface area (Å²) in [6, 6.07) is 0. The van der Waals surface area contributed by atoms with Crippen molar-refractivity contribution in [1.29, 1.82) is 0 Å². The summed E-state index contributed by atoms with van der Waals surface area (Å²) >= 11 is 1.68. The fraction of sp³-hybridized carbons (Fsp3) is 0.900. The average molecular weight is 260 g/mol. The zero-order valence-corrected chi connectivity index (χ0v) is 11.6. The summed E-state index contributed by atoms with van der Waals surface area (Å²) in [6.07, 6.45) is 1.99. The van der Waals surface area contributed by atoms with Crippen molar-refractivity contribution in [1.82, 2.24) is 20.2 Å². The first-order valence-corrected chi connectivity index (χ1v) is 6.57. The minimum atomic E-state index is -0.320. The Hall–Kier alpha value is -0.660. The van der Waals surface area contributed by atoms with Crippen molar-refractivity contribution >= 4 is 11.8 Å². The standard InChI is InChI=1S/C10H20N4O2S/c1-5-6-8(2)17-10-11-12-13-14(10)7-9(15-3)16-4/h8-9H,5-7H2,1-4H3. The number of thioether (sulfide) groups is 1. The normalized spacial score (nSPS) is 13.2. The van der Waals surface area contributed by atoms with Crippen molar-refractivity contribution in [2.24, 2.45) is 0 Å². The van der Waals surface area contributed by atoms with E-state index in [2.05, 4.69) is 29.4 Å². The maximum atomic E-state index is 5.13. The Kier molecular flexibility index (Phi) is 6.46. The van der Waals surface area contributed by atoms with Crippen LogP contribution in [0.25, 0.3) is 0 Å². The molecule has 0 radical (unpaired) electrons. The molecule has 0 aliphatic rings. The summed E-state index contributed by atoms with van der Waals surface area (Å²) in [4.78, 5) is 0. The smallest absolute Gasteiger partial charge is 0.209 e. The minimum absolute atomic E-state index is 0.320. The van der Waals surface area contributed by atoms with Crippen LogP contribution in [0.3, 0.4) is 0 Å². The van der Waals surface area contributed by atoms with Crippen LogP contribution in [-0.2, 0) is 16.0 Å². The molecule has 98 valence electrons. The molecule has 1 aromatic heterocycles. The Bertz CT molecular complexity index is 317. The number of nitrogens with zero attached hydrogens (tertiary/aromatic N) is 4. The van der Waals surface area contributed by atoms with Crippen molar-refractivity contribution < 1.29 is 9.47 Å². The second-order valence-electron chi connectivity index (χ2n) is 3.76. The van der Waals surface area contributed by atoms with Gasteiger partial charge in [0.1, 0.15) is 0 Å². The van der Waals surface area contributed by atoms with Crippen LogP contribution in [0.5, 0.6) is 0 Å². The van der Waals surface area contributed by atoms with Crippen LogP contribution in [-0.4, -0.2) is 46.0 Å². The number of aromatic nitrogens is 4. The second kappa shape index (κ2) is 7.62. The van der Waals surface area contributed by atoms with Crippen LogP contribution in [0.2, 0.25) is 0 Å². The lowest BCUT2D eigenvalue weighted by Crippen LogP contribution is -2.22. The highest BCUT2D eigenvalue weighted by molar-refractivity contribution is 7.99. The van der Waals surface area contributed by atoms with E-state index in [1.807, 2.05) is 0 Å². The van der Waals surface area contributed by atoms with E-state index < -0.39 is 0 Å². The van der Waals surface area contributed by atoms with E-state index in [9.17, 15) is 0 Å². The van der Waals surface area contributed by atoms with Gasteiger partial charge in [-0.1, -0.05) is 32.0 Å². The summed E-state index contributed by atoms with van der Waals surface area (Å²) in [6.45, 7) is 4.85. The summed E-state index contributed by atoms with van der Waals surface area (Å²) in [5, 5.41) is 13.0. The van der Waals surface area contributed by atoms with Crippen LogP contribution < -0.4 is 0 Å². The molecule has 0 amide bonds. The molecule has 6 nitrogen and oxygen atoms in total. The zero-order chi connectivity index (χ0) is 12.7. The van der Waals surface area contributed by atoms with Crippen molar-refractivity contribution in [3.63, 3.8) is 0 Å². The zero-order valence-electron chi connectivity index (χ0n) is 10.8. The maximum Gasteiger partial charge on any atom is 0.209 e. The number of ether oxygens (including phenoxy) is 2. The van der Waals surface area contributed by atoms with E-state index >= 15 is 0 Å². The molecule has 0 saturated carbocycles. The Morgan fingerprint density at radius 3 is 2.65 bits per heavy atom. The molecule has 1 aromatic rings. The Balaban J connectivity index is 2.59. The van der Waals surface area contributed by atoms with Gasteiger partial charge < -0.3 is 9.47 Å². The van der Waals surface area contributed by atoms with E-state index in [0.29, 0.717) is 11.8 Å². The number of rotatable bonds is 8. The molecular formula is C10H20N4O2S. The number of tetrazole rings is 1. The lowest BCUT2D eigenvalue weighted by Gasteiger charge is -2.14. The molecule has 1 atom stereocenters. The highest BCUT2D eigenvalue weighted by Crippen LogP contribution is 2.23. The molecule has 7 heteroatoms. The van der Waals surface area contributed by atoms with Gasteiger partial charge in [0.2, 0.25) is 5.16 Å². The lowest BCUT2D eigenvalue weighted by molar-refractivity contribution is -0.113. The molecule has 0 bridgehead atoms. The summed E-state index contributed by atoms with van der Waals surface area (Å²) in [5.41, 5.74) is 0. The molecule has 0 spiro atoms. The third-order valence-electron chi connectivity index (χ3n) is 2.35. The third kappa shape index (κ3) is 4.61. The molecule has 1 rings (SSSR count). The van der Waals surface area contributed by atoms with Crippen molar-refractivity contribution in [2.75, 3.05) is 14.2 Å². The van der Waals surface area contributed by atoms with Crippen LogP contribution >= 0.6 is 11.8 Å². The van der Waals surface area contributed by atoms with E-state index in [0.717, 1.165) is 18.0 Å². The lowest BCUT2D eigenvalue weighted by atomic mass is 10.3. The van der Waals surface area contributed by atoms with Gasteiger partial charge in [-0.3, -0.25) is 0 Å². The Morgan fingerprint density at radius 2 is 2.06 bits per heavy atom. The summed E-state index contributed by atoms with van der Waals surface area (Å²) < 4.78 is 12.0. The molecular weight excluding hydrogens is 240 g/mol. The molecule has 1 heterocycles. The van der Waals surface area contributed by atoms with E-state index in [1.54, 1.807) is 30.7 Å². The van der Waals surface area contributed by atoms with Crippen molar-refractivity contribution in [2.45, 2.75) is 49.9 Å². The molecule has 0 aliphatic heterocycles. The maximum absolute atomic E-state index is 5.13. The highest BCUT2D eigenvalue weighted by Gasteiger charge is 2.15. The fourth-order valence-electron chi connectivity index (χ4n) is 1.43. The van der Waals surface area contributed by atoms with Crippen LogP contribution in [0.4, 0.5) is 0 Å². The molecule has 1 unspecified atom stereocenters. The van der Waals surface area contributed by atoms with Gasteiger partial charge in [-0.15, -0.1) is 5.10 Å². The fourth-order valence-corrected chi connectivity index (χ4v) is 2.46. The quantitative estimate of drug-likeness (QED) is 0.522. The molecule has 0 aromatic carbocycles. The first kappa shape index (κ1) is 14.4. The first-order valence-electron chi connectivity index (χ1n) is 5.69.